The Morgan fingerprint density at radius 1 is 1.29 bits per heavy atom. The van der Waals surface area contributed by atoms with E-state index < -0.39 is 10.2 Å². The highest BCUT2D eigenvalue weighted by atomic mass is 32.2. The van der Waals surface area contributed by atoms with Crippen LogP contribution in [0.5, 0.6) is 0 Å². The lowest BCUT2D eigenvalue weighted by atomic mass is 9.98. The first-order valence-corrected chi connectivity index (χ1v) is 8.94. The van der Waals surface area contributed by atoms with E-state index in [-0.39, 0.29) is 12.6 Å². The lowest BCUT2D eigenvalue weighted by Gasteiger charge is -2.31. The van der Waals surface area contributed by atoms with Crippen LogP contribution in [0.2, 0.25) is 0 Å². The molecule has 0 aliphatic carbocycles. The van der Waals surface area contributed by atoms with Crippen LogP contribution in [0.25, 0.3) is 0 Å². The highest BCUT2D eigenvalue weighted by molar-refractivity contribution is 7.87. The normalized spacial score (nSPS) is 19.8. The first kappa shape index (κ1) is 18.8. The standard InChI is InChI=1S/C13H29N3O4S/c1-4-14-9-12-5-7-16(8-6-12)21(17,18)15-10-13(20-3)11-19-2/h12-15H,4-11H2,1-3H3. The average Bonchev–Trinajstić information content (AvgIpc) is 2.49. The fourth-order valence-electron chi connectivity index (χ4n) is 2.39. The van der Waals surface area contributed by atoms with E-state index in [1.807, 2.05) is 0 Å². The first-order valence-electron chi connectivity index (χ1n) is 7.50. The monoisotopic (exact) mass is 323 g/mol. The van der Waals surface area contributed by atoms with E-state index in [0.717, 1.165) is 25.9 Å². The number of nitrogens with zero attached hydrogens (tertiary/aromatic N) is 1. The van der Waals surface area contributed by atoms with Gasteiger partial charge in [0.2, 0.25) is 0 Å². The Balaban J connectivity index is 2.38. The maximum absolute atomic E-state index is 12.2. The number of rotatable bonds is 10. The molecular formula is C13H29N3O4S. The van der Waals surface area contributed by atoms with E-state index in [9.17, 15) is 8.42 Å². The Labute approximate surface area is 128 Å². The molecule has 126 valence electrons. The van der Waals surface area contributed by atoms with Crippen LogP contribution in [0.15, 0.2) is 0 Å². The molecule has 1 heterocycles. The lowest BCUT2D eigenvalue weighted by Crippen LogP contribution is -2.48. The van der Waals surface area contributed by atoms with Crippen LogP contribution in [0, 0.1) is 5.92 Å². The molecule has 2 N–H and O–H groups in total. The zero-order chi connectivity index (χ0) is 15.7. The van der Waals surface area contributed by atoms with E-state index in [1.54, 1.807) is 14.2 Å². The minimum atomic E-state index is -3.42. The van der Waals surface area contributed by atoms with Crippen LogP contribution in [0.3, 0.4) is 0 Å². The smallest absolute Gasteiger partial charge is 0.279 e. The highest BCUT2D eigenvalue weighted by Gasteiger charge is 2.28. The third-order valence-electron chi connectivity index (χ3n) is 3.78. The van der Waals surface area contributed by atoms with E-state index in [2.05, 4.69) is 17.0 Å². The van der Waals surface area contributed by atoms with Crippen molar-refractivity contribution in [2.75, 3.05) is 53.6 Å². The third-order valence-corrected chi connectivity index (χ3v) is 5.35. The molecule has 7 nitrogen and oxygen atoms in total. The molecule has 1 atom stereocenters. The molecule has 0 aromatic heterocycles. The van der Waals surface area contributed by atoms with Crippen LogP contribution in [-0.2, 0) is 19.7 Å². The van der Waals surface area contributed by atoms with Crippen LogP contribution >= 0.6 is 0 Å². The number of hydrogen-bond donors (Lipinski definition) is 2. The molecule has 0 amide bonds. The van der Waals surface area contributed by atoms with Gasteiger partial charge in [-0.3, -0.25) is 0 Å². The van der Waals surface area contributed by atoms with Crippen molar-refractivity contribution in [3.8, 4) is 0 Å². The van der Waals surface area contributed by atoms with Crippen molar-refractivity contribution in [2.24, 2.45) is 5.92 Å². The zero-order valence-electron chi connectivity index (χ0n) is 13.3. The second-order valence-corrected chi connectivity index (χ2v) is 7.07. The molecule has 1 unspecified atom stereocenters. The lowest BCUT2D eigenvalue weighted by molar-refractivity contribution is 0.0317. The maximum atomic E-state index is 12.2. The van der Waals surface area contributed by atoms with E-state index in [4.69, 9.17) is 9.47 Å². The van der Waals surface area contributed by atoms with Gasteiger partial charge in [-0.25, -0.2) is 0 Å². The molecule has 0 aromatic carbocycles. The highest BCUT2D eigenvalue weighted by Crippen LogP contribution is 2.18. The number of piperidine rings is 1. The molecule has 0 saturated carbocycles. The summed E-state index contributed by atoms with van der Waals surface area (Å²) in [5.74, 6) is 0.566. The summed E-state index contributed by atoms with van der Waals surface area (Å²) in [7, 11) is -0.312. The van der Waals surface area contributed by atoms with Gasteiger partial charge in [-0.1, -0.05) is 6.92 Å². The number of ether oxygens (including phenoxy) is 2. The Kier molecular flexibility index (Phi) is 8.69. The van der Waals surface area contributed by atoms with Crippen molar-refractivity contribution in [3.63, 3.8) is 0 Å². The van der Waals surface area contributed by atoms with Crippen molar-refractivity contribution in [1.82, 2.24) is 14.3 Å². The Bertz CT molecular complexity index is 370. The summed E-state index contributed by atoms with van der Waals surface area (Å²) in [6.07, 6.45) is 1.54. The van der Waals surface area contributed by atoms with E-state index in [0.29, 0.717) is 25.6 Å². The molecule has 1 aliphatic rings. The van der Waals surface area contributed by atoms with E-state index >= 15 is 0 Å². The molecule has 1 fully saturated rings. The Hall–Kier alpha value is -0.250. The molecule has 0 bridgehead atoms. The van der Waals surface area contributed by atoms with Gasteiger partial charge in [0.25, 0.3) is 10.2 Å². The van der Waals surface area contributed by atoms with Gasteiger partial charge >= 0.3 is 0 Å². The summed E-state index contributed by atoms with van der Waals surface area (Å²) in [6.45, 7) is 5.75. The van der Waals surface area contributed by atoms with Crippen molar-refractivity contribution in [3.05, 3.63) is 0 Å². The summed E-state index contributed by atoms with van der Waals surface area (Å²) in [5, 5.41) is 3.32. The van der Waals surface area contributed by atoms with Gasteiger partial charge in [0.1, 0.15) is 0 Å². The minimum Gasteiger partial charge on any atom is -0.382 e. The van der Waals surface area contributed by atoms with Crippen LogP contribution in [-0.4, -0.2) is 72.4 Å². The molecule has 0 spiro atoms. The number of methoxy groups -OCH3 is 2. The minimum absolute atomic E-state index is 0.226. The predicted molar refractivity (Wildman–Crippen MR) is 82.4 cm³/mol. The molecule has 0 radical (unpaired) electrons. The summed E-state index contributed by atoms with van der Waals surface area (Å²) in [5.41, 5.74) is 0. The first-order chi connectivity index (χ1) is 10.0. The zero-order valence-corrected chi connectivity index (χ0v) is 14.1. The molecule has 21 heavy (non-hydrogen) atoms. The molecule has 1 aliphatic heterocycles. The quantitative estimate of drug-likeness (QED) is 0.582. The van der Waals surface area contributed by atoms with Gasteiger partial charge in [0.05, 0.1) is 12.7 Å². The second-order valence-electron chi connectivity index (χ2n) is 5.32. The number of hydrogen-bond acceptors (Lipinski definition) is 5. The summed E-state index contributed by atoms with van der Waals surface area (Å²) in [4.78, 5) is 0. The molecule has 1 saturated heterocycles. The molecule has 0 aromatic rings. The fourth-order valence-corrected chi connectivity index (χ4v) is 3.66. The summed E-state index contributed by atoms with van der Waals surface area (Å²) < 4.78 is 38.7. The van der Waals surface area contributed by atoms with Gasteiger partial charge < -0.3 is 14.8 Å². The largest absolute Gasteiger partial charge is 0.382 e. The Morgan fingerprint density at radius 2 is 1.95 bits per heavy atom. The molecule has 1 rings (SSSR count). The van der Waals surface area contributed by atoms with Gasteiger partial charge in [0.15, 0.2) is 0 Å². The Morgan fingerprint density at radius 3 is 2.48 bits per heavy atom. The van der Waals surface area contributed by atoms with Crippen molar-refractivity contribution >= 4 is 10.2 Å². The predicted octanol–water partition coefficient (Wildman–Crippen LogP) is -0.196. The van der Waals surface area contributed by atoms with Crippen molar-refractivity contribution < 1.29 is 17.9 Å². The van der Waals surface area contributed by atoms with Crippen LogP contribution in [0.1, 0.15) is 19.8 Å². The van der Waals surface area contributed by atoms with E-state index in [1.165, 1.54) is 4.31 Å². The van der Waals surface area contributed by atoms with Gasteiger partial charge in [-0.2, -0.15) is 17.4 Å². The topological polar surface area (TPSA) is 79.9 Å². The third kappa shape index (κ3) is 6.58. The van der Waals surface area contributed by atoms with Crippen LogP contribution in [0.4, 0.5) is 0 Å². The summed E-state index contributed by atoms with van der Waals surface area (Å²) >= 11 is 0. The maximum Gasteiger partial charge on any atom is 0.279 e. The fraction of sp³-hybridized carbons (Fsp3) is 1.00. The van der Waals surface area contributed by atoms with Crippen molar-refractivity contribution in [2.45, 2.75) is 25.9 Å². The SMILES string of the molecule is CCNCC1CCN(S(=O)(=O)NCC(COC)OC)CC1. The average molecular weight is 323 g/mol. The molecular weight excluding hydrogens is 294 g/mol. The van der Waals surface area contributed by atoms with Gasteiger partial charge in [-0.05, 0) is 31.8 Å². The second kappa shape index (κ2) is 9.70. The van der Waals surface area contributed by atoms with Crippen LogP contribution < -0.4 is 10.0 Å². The van der Waals surface area contributed by atoms with Gasteiger partial charge in [0, 0.05) is 33.9 Å². The van der Waals surface area contributed by atoms with Crippen molar-refractivity contribution in [1.29, 1.82) is 0 Å². The number of nitrogens with one attached hydrogen (secondary N) is 2. The summed E-state index contributed by atoms with van der Waals surface area (Å²) in [6, 6.07) is 0. The van der Waals surface area contributed by atoms with Gasteiger partial charge in [-0.15, -0.1) is 0 Å². The molecule has 8 heteroatoms.